The number of likely N-dealkylation sites (tertiary alicyclic amines) is 1. The number of nitrogens with zero attached hydrogens (tertiary/aromatic N) is 1. The first-order chi connectivity index (χ1) is 11.8. The Hall–Kier alpha value is -1.39. The molecule has 1 aliphatic rings. The number of piperidine rings is 1. The maximum Gasteiger partial charge on any atom is 0.0946 e. The fourth-order valence-corrected chi connectivity index (χ4v) is 3.64. The van der Waals surface area contributed by atoms with Gasteiger partial charge in [0.15, 0.2) is 0 Å². The number of rotatable bonds is 6. The van der Waals surface area contributed by atoms with Gasteiger partial charge in [0, 0.05) is 6.04 Å². The van der Waals surface area contributed by atoms with E-state index in [9.17, 15) is 10.2 Å². The standard InChI is InChI=1S/C21H27NO2.ClH/c23-20(17-10-4-1-5-11-17)16-19(22-14-8-3-9-15-22)21(24)18-12-6-2-7-13-18;/h1-2,4-7,10-13,19-21,23-24H,3,8-9,14-16H2;1H. The molecule has 1 aliphatic heterocycles. The van der Waals surface area contributed by atoms with E-state index in [4.69, 9.17) is 0 Å². The van der Waals surface area contributed by atoms with Crippen molar-refractivity contribution in [3.8, 4) is 0 Å². The molecular weight excluding hydrogens is 334 g/mol. The second kappa shape index (κ2) is 9.93. The summed E-state index contributed by atoms with van der Waals surface area (Å²) in [5.41, 5.74) is 1.84. The molecule has 136 valence electrons. The van der Waals surface area contributed by atoms with Crippen molar-refractivity contribution in [1.82, 2.24) is 4.90 Å². The monoisotopic (exact) mass is 361 g/mol. The number of hydrogen-bond donors (Lipinski definition) is 2. The zero-order valence-corrected chi connectivity index (χ0v) is 15.3. The first-order valence-corrected chi connectivity index (χ1v) is 8.96. The third-order valence-electron chi connectivity index (χ3n) is 5.01. The van der Waals surface area contributed by atoms with E-state index in [0.29, 0.717) is 6.42 Å². The minimum atomic E-state index is -0.581. The van der Waals surface area contributed by atoms with E-state index < -0.39 is 12.2 Å². The molecule has 3 rings (SSSR count). The Balaban J connectivity index is 0.00000225. The van der Waals surface area contributed by atoms with Crippen LogP contribution in [-0.4, -0.2) is 34.2 Å². The van der Waals surface area contributed by atoms with Gasteiger partial charge in [0.25, 0.3) is 0 Å². The first kappa shape index (κ1) is 19.9. The summed E-state index contributed by atoms with van der Waals surface area (Å²) in [6, 6.07) is 19.5. The third kappa shape index (κ3) is 5.29. The van der Waals surface area contributed by atoms with Crippen molar-refractivity contribution in [2.24, 2.45) is 0 Å². The van der Waals surface area contributed by atoms with Gasteiger partial charge < -0.3 is 10.2 Å². The van der Waals surface area contributed by atoms with Gasteiger partial charge in [-0.25, -0.2) is 0 Å². The van der Waals surface area contributed by atoms with Crippen LogP contribution in [-0.2, 0) is 0 Å². The summed E-state index contributed by atoms with van der Waals surface area (Å²) in [4.78, 5) is 2.35. The summed E-state index contributed by atoms with van der Waals surface area (Å²) < 4.78 is 0. The van der Waals surface area contributed by atoms with Gasteiger partial charge in [-0.1, -0.05) is 67.1 Å². The molecule has 0 aliphatic carbocycles. The van der Waals surface area contributed by atoms with Crippen molar-refractivity contribution in [3.05, 3.63) is 71.8 Å². The van der Waals surface area contributed by atoms with E-state index in [1.165, 1.54) is 19.3 Å². The van der Waals surface area contributed by atoms with Gasteiger partial charge in [-0.15, -0.1) is 12.4 Å². The van der Waals surface area contributed by atoms with Crippen LogP contribution < -0.4 is 0 Å². The van der Waals surface area contributed by atoms with E-state index in [1.807, 2.05) is 60.7 Å². The van der Waals surface area contributed by atoms with E-state index >= 15 is 0 Å². The van der Waals surface area contributed by atoms with E-state index in [-0.39, 0.29) is 18.4 Å². The van der Waals surface area contributed by atoms with Gasteiger partial charge in [0.1, 0.15) is 0 Å². The predicted octanol–water partition coefficient (Wildman–Crippen LogP) is 4.12. The molecule has 0 radical (unpaired) electrons. The molecule has 1 heterocycles. The molecule has 4 heteroatoms. The van der Waals surface area contributed by atoms with E-state index in [2.05, 4.69) is 4.90 Å². The van der Waals surface area contributed by atoms with Gasteiger partial charge in [0.2, 0.25) is 0 Å². The maximum atomic E-state index is 11.0. The highest BCUT2D eigenvalue weighted by Crippen LogP contribution is 2.30. The van der Waals surface area contributed by atoms with Gasteiger partial charge in [-0.2, -0.15) is 0 Å². The summed E-state index contributed by atoms with van der Waals surface area (Å²) in [5.74, 6) is 0. The van der Waals surface area contributed by atoms with E-state index in [1.54, 1.807) is 0 Å². The van der Waals surface area contributed by atoms with Crippen LogP contribution in [0.15, 0.2) is 60.7 Å². The molecule has 0 saturated carbocycles. The van der Waals surface area contributed by atoms with Crippen molar-refractivity contribution in [1.29, 1.82) is 0 Å². The lowest BCUT2D eigenvalue weighted by Crippen LogP contribution is -2.43. The molecule has 0 spiro atoms. The quantitative estimate of drug-likeness (QED) is 0.813. The Morgan fingerprint density at radius 2 is 1.28 bits per heavy atom. The summed E-state index contributed by atoms with van der Waals surface area (Å²) in [6.45, 7) is 1.99. The van der Waals surface area contributed by atoms with Crippen LogP contribution in [0.2, 0.25) is 0 Å². The molecule has 0 aromatic heterocycles. The Bertz CT molecular complexity index is 602. The van der Waals surface area contributed by atoms with Gasteiger partial charge in [0.05, 0.1) is 12.2 Å². The van der Waals surface area contributed by atoms with Gasteiger partial charge in [-0.05, 0) is 43.5 Å². The molecule has 3 nitrogen and oxygen atoms in total. The van der Waals surface area contributed by atoms with Crippen molar-refractivity contribution in [2.45, 2.75) is 43.9 Å². The van der Waals surface area contributed by atoms with Crippen LogP contribution in [0, 0.1) is 0 Å². The lowest BCUT2D eigenvalue weighted by atomic mass is 9.92. The number of aliphatic hydroxyl groups excluding tert-OH is 2. The average Bonchev–Trinajstić information content (AvgIpc) is 2.67. The molecule has 3 unspecified atom stereocenters. The topological polar surface area (TPSA) is 43.7 Å². The Morgan fingerprint density at radius 3 is 1.84 bits per heavy atom. The molecule has 1 saturated heterocycles. The minimum absolute atomic E-state index is 0. The lowest BCUT2D eigenvalue weighted by molar-refractivity contribution is 0.00589. The van der Waals surface area contributed by atoms with Crippen LogP contribution in [0.3, 0.4) is 0 Å². The van der Waals surface area contributed by atoms with Crippen LogP contribution in [0.25, 0.3) is 0 Å². The number of hydrogen-bond acceptors (Lipinski definition) is 3. The summed E-state index contributed by atoms with van der Waals surface area (Å²) in [5, 5.41) is 21.7. The van der Waals surface area contributed by atoms with Crippen molar-refractivity contribution < 1.29 is 10.2 Å². The van der Waals surface area contributed by atoms with Gasteiger partial charge in [-0.3, -0.25) is 4.90 Å². The Labute approximate surface area is 156 Å². The third-order valence-corrected chi connectivity index (χ3v) is 5.01. The molecule has 3 atom stereocenters. The fraction of sp³-hybridized carbons (Fsp3) is 0.429. The number of halogens is 1. The molecular formula is C21H28ClNO2. The number of benzene rings is 2. The number of aliphatic hydroxyl groups is 2. The minimum Gasteiger partial charge on any atom is -0.388 e. The highest BCUT2D eigenvalue weighted by atomic mass is 35.5. The second-order valence-electron chi connectivity index (χ2n) is 6.68. The molecule has 0 amide bonds. The molecule has 2 aromatic rings. The zero-order valence-electron chi connectivity index (χ0n) is 14.5. The molecule has 25 heavy (non-hydrogen) atoms. The SMILES string of the molecule is Cl.OC(CC(C(O)c1ccccc1)N1CCCCC1)c1ccccc1. The van der Waals surface area contributed by atoms with Crippen molar-refractivity contribution in [2.75, 3.05) is 13.1 Å². The summed E-state index contributed by atoms with van der Waals surface area (Å²) in [7, 11) is 0. The Kier molecular flexibility index (Phi) is 7.91. The van der Waals surface area contributed by atoms with Crippen LogP contribution in [0.4, 0.5) is 0 Å². The summed E-state index contributed by atoms with van der Waals surface area (Å²) >= 11 is 0. The van der Waals surface area contributed by atoms with E-state index in [0.717, 1.165) is 24.2 Å². The van der Waals surface area contributed by atoms with Crippen molar-refractivity contribution in [3.63, 3.8) is 0 Å². The van der Waals surface area contributed by atoms with Crippen LogP contribution in [0.5, 0.6) is 0 Å². The van der Waals surface area contributed by atoms with Crippen LogP contribution >= 0.6 is 12.4 Å². The predicted molar refractivity (Wildman–Crippen MR) is 104 cm³/mol. The molecule has 1 fully saturated rings. The smallest absolute Gasteiger partial charge is 0.0946 e. The highest BCUT2D eigenvalue weighted by molar-refractivity contribution is 5.85. The van der Waals surface area contributed by atoms with Crippen molar-refractivity contribution >= 4 is 12.4 Å². The maximum absolute atomic E-state index is 11.0. The van der Waals surface area contributed by atoms with Gasteiger partial charge >= 0.3 is 0 Å². The second-order valence-corrected chi connectivity index (χ2v) is 6.68. The first-order valence-electron chi connectivity index (χ1n) is 8.96. The molecule has 2 N–H and O–H groups in total. The Morgan fingerprint density at radius 1 is 0.760 bits per heavy atom. The highest BCUT2D eigenvalue weighted by Gasteiger charge is 2.30. The summed E-state index contributed by atoms with van der Waals surface area (Å²) in [6.07, 6.45) is 2.99. The van der Waals surface area contributed by atoms with Crippen LogP contribution in [0.1, 0.15) is 49.0 Å². The normalized spacial score (nSPS) is 18.8. The lowest BCUT2D eigenvalue weighted by Gasteiger charge is -2.38. The zero-order chi connectivity index (χ0) is 16.8. The average molecular weight is 362 g/mol. The fourth-order valence-electron chi connectivity index (χ4n) is 3.64. The molecule has 0 bridgehead atoms. The molecule has 2 aromatic carbocycles. The largest absolute Gasteiger partial charge is 0.388 e.